The van der Waals surface area contributed by atoms with E-state index in [4.69, 9.17) is 16.5 Å². The summed E-state index contributed by atoms with van der Waals surface area (Å²) in [4.78, 5) is 50.7. The number of carboxylic acids is 1. The van der Waals surface area contributed by atoms with Gasteiger partial charge in [0.25, 0.3) is 0 Å². The van der Waals surface area contributed by atoms with Crippen molar-refractivity contribution in [2.75, 3.05) is 0 Å². The maximum absolute atomic E-state index is 16.9. The number of fused-ring (bicyclic) bond motifs is 2. The highest BCUT2D eigenvalue weighted by atomic mass is 16.4. The Kier molecular flexibility index (Phi) is 8.37. The van der Waals surface area contributed by atoms with Crippen molar-refractivity contribution >= 4 is 29.6 Å². The molecule has 0 radical (unpaired) electrons. The largest absolute Gasteiger partial charge is 0.478 e. The van der Waals surface area contributed by atoms with Crippen LogP contribution in [0, 0.1) is 73.9 Å². The van der Waals surface area contributed by atoms with Gasteiger partial charge in [-0.25, -0.2) is 9.79 Å². The van der Waals surface area contributed by atoms with Crippen molar-refractivity contribution in [1.29, 1.82) is 0 Å². The van der Waals surface area contributed by atoms with Crippen molar-refractivity contribution < 1.29 is 34.8 Å². The lowest BCUT2D eigenvalue weighted by molar-refractivity contribution is -0.181. The van der Waals surface area contributed by atoms with Crippen LogP contribution in [0.25, 0.3) is 6.08 Å². The summed E-state index contributed by atoms with van der Waals surface area (Å²) in [5.41, 5.74) is 9.40. The Morgan fingerprint density at radius 2 is 1.67 bits per heavy atom. The van der Waals surface area contributed by atoms with E-state index in [0.29, 0.717) is 80.1 Å². The second-order valence-electron chi connectivity index (χ2n) is 26.2. The molecule has 15 rings (SSSR count). The van der Waals surface area contributed by atoms with Gasteiger partial charge in [-0.05, 0) is 140 Å². The first-order valence-corrected chi connectivity index (χ1v) is 27.6. The number of guanidine groups is 1. The van der Waals surface area contributed by atoms with Gasteiger partial charge in [0.2, 0.25) is 0 Å². The van der Waals surface area contributed by atoms with Crippen molar-refractivity contribution in [2.24, 2.45) is 78.5 Å². The molecule has 5 saturated carbocycles. The number of ketones is 2. The van der Waals surface area contributed by atoms with Crippen molar-refractivity contribution in [3.05, 3.63) is 122 Å². The predicted octanol–water partition coefficient (Wildman–Crippen LogP) is 8.39. The van der Waals surface area contributed by atoms with E-state index in [1.54, 1.807) is 6.92 Å². The Morgan fingerprint density at radius 3 is 2.45 bits per heavy atom. The number of rotatable bonds is 3. The third-order valence-corrected chi connectivity index (χ3v) is 24.1. The monoisotopic (exact) mass is 977 g/mol. The highest BCUT2D eigenvalue weighted by Gasteiger charge is 2.93. The maximum atomic E-state index is 16.9. The normalized spacial score (nSPS) is 47.6. The summed E-state index contributed by atoms with van der Waals surface area (Å²) in [6.07, 6.45) is 24.4. The van der Waals surface area contributed by atoms with Crippen LogP contribution in [0.15, 0.2) is 116 Å². The molecular weight excluding hydrogens is 911 g/mol. The smallest absolute Gasteiger partial charge is 0.331 e. The molecule has 1 aromatic carbocycles. The Balaban J connectivity index is 1.15. The first-order chi connectivity index (χ1) is 34.8. The number of aryl methyl sites for hydroxylation is 1. The van der Waals surface area contributed by atoms with Gasteiger partial charge in [0, 0.05) is 81.7 Å². The number of carbonyl (C=O) groups is 3. The molecule has 5 fully saturated rings. The van der Waals surface area contributed by atoms with E-state index in [-0.39, 0.29) is 42.4 Å². The summed E-state index contributed by atoms with van der Waals surface area (Å²) in [6.45, 7) is 5.93. The highest BCUT2D eigenvalue weighted by Crippen LogP contribution is 2.92. The minimum Gasteiger partial charge on any atom is -0.478 e. The molecule has 0 aliphatic heterocycles. The van der Waals surface area contributed by atoms with Crippen LogP contribution in [-0.2, 0) is 20.8 Å². The summed E-state index contributed by atoms with van der Waals surface area (Å²) in [5.74, 6) is 3.05. The van der Waals surface area contributed by atoms with Gasteiger partial charge in [-0.3, -0.25) is 9.59 Å². The van der Waals surface area contributed by atoms with Crippen LogP contribution in [0.4, 0.5) is 0 Å². The zero-order chi connectivity index (χ0) is 50.5. The van der Waals surface area contributed by atoms with Crippen LogP contribution in [0.3, 0.4) is 0 Å². The van der Waals surface area contributed by atoms with Crippen LogP contribution >= 0.6 is 0 Å². The van der Waals surface area contributed by atoms with E-state index >= 15 is 19.8 Å². The average molecular weight is 978 g/mol. The fourth-order valence-electron chi connectivity index (χ4n) is 22.3. The van der Waals surface area contributed by atoms with Gasteiger partial charge in [-0.2, -0.15) is 0 Å². The second-order valence-corrected chi connectivity index (χ2v) is 26.2. The minimum atomic E-state index is -1.86. The van der Waals surface area contributed by atoms with E-state index in [1.807, 2.05) is 6.08 Å². The quantitative estimate of drug-likeness (QED) is 0.0567. The van der Waals surface area contributed by atoms with E-state index in [9.17, 15) is 15.0 Å². The molecule has 0 aromatic heterocycles. The van der Waals surface area contributed by atoms with Gasteiger partial charge in [-0.1, -0.05) is 98.6 Å². The summed E-state index contributed by atoms with van der Waals surface area (Å²) < 4.78 is 0. The fourth-order valence-corrected chi connectivity index (χ4v) is 22.3. The number of nitrogens with zero attached hydrogens (tertiary/aromatic N) is 1. The van der Waals surface area contributed by atoms with Gasteiger partial charge in [0.15, 0.2) is 11.7 Å². The lowest BCUT2D eigenvalue weighted by Crippen LogP contribution is -2.73. The molecule has 10 heteroatoms. The van der Waals surface area contributed by atoms with Crippen molar-refractivity contribution in [3.8, 4) is 11.8 Å². The third-order valence-electron chi connectivity index (χ3n) is 24.1. The van der Waals surface area contributed by atoms with Crippen molar-refractivity contribution in [3.63, 3.8) is 0 Å². The summed E-state index contributed by atoms with van der Waals surface area (Å²) in [5, 5.41) is 56.8. The lowest BCUT2D eigenvalue weighted by Gasteiger charge is -2.72. The maximum Gasteiger partial charge on any atom is 0.331 e. The Labute approximate surface area is 427 Å². The second kappa shape index (κ2) is 13.5. The summed E-state index contributed by atoms with van der Waals surface area (Å²) in [7, 11) is 0. The molecule has 1 aromatic rings. The Bertz CT molecular complexity index is 3290. The van der Waals surface area contributed by atoms with E-state index in [2.05, 4.69) is 86.4 Å². The standard InChI is InChI=1S/C63H67N3O7/c1-34(52(69)70)40-18-27-57(66-53(64)65)28-29-59-47-44-37-16-17-41(44)62(40,72)51(57)50(59)56(21-9-10-22-56)23-11-24-58(59)33-42(67)46-49-60(71)32-39(31-37)63(47,73)61(49,58)25-8-4-7-20-54(2)43(68)19-26-55(46,3)48(54)45(60)38-15-14-35-12-5-6-13-36(35)30-38/h5-6,11-13,17,23,28-30,32,45,47-48,50-51,71-73H,8-10,14-16,18-22,24-27,31,33H2,1-3H3,(H,69,70)(H4,64,65,66)/b40-34+/t45-,47-,48-,50+,51+,54-,55-,57+,58-,59-,60-,61+,62+,63+/m1/s1. The summed E-state index contributed by atoms with van der Waals surface area (Å²) in [6, 6.07) is 8.47. The number of carbonyl (C=O) groups excluding carboxylic acids is 2. The number of nitrogens with two attached hydrogens (primary N) is 2. The van der Waals surface area contributed by atoms with Gasteiger partial charge in [0.1, 0.15) is 22.6 Å². The molecule has 8 N–H and O–H groups in total. The van der Waals surface area contributed by atoms with Crippen LogP contribution in [-0.4, -0.2) is 66.3 Å². The third kappa shape index (κ3) is 4.54. The fraction of sp³-hybridized carbons (Fsp3) is 0.556. The Morgan fingerprint density at radius 1 is 0.877 bits per heavy atom. The molecule has 376 valence electrons. The van der Waals surface area contributed by atoms with Crippen LogP contribution in [0.2, 0.25) is 0 Å². The number of aliphatic carboxylic acids is 1. The molecule has 0 heterocycles. The predicted molar refractivity (Wildman–Crippen MR) is 275 cm³/mol. The molecule has 10 nitrogen and oxygen atoms in total. The SMILES string of the molecule is C/C(C(=O)O)=C1/CC[C@]2(N=C(N)N)C=C[C@@]34[C@H]5C6=C7CC=C6[C@]1(O)[C@H]2[C@H]3C1(C=CC[C@@]42CC(=O)C3=C4[C@@]26CCC#CC[C@]2(C)C(=O)CC[C@@]3(C)[C@@H]2[C@@H](C2=Cc3ccccc3CC2)[C@]4(O)C=C(C7)[C@]56O)CCCC1. The molecule has 0 amide bonds. The number of hydrogen-bond acceptors (Lipinski definition) is 7. The lowest BCUT2D eigenvalue weighted by atomic mass is 9.31. The number of hydrogen-bond donors (Lipinski definition) is 6. The molecule has 0 saturated heterocycles. The molecular formula is C63H67N3O7. The van der Waals surface area contributed by atoms with Gasteiger partial charge in [0.05, 0.1) is 5.54 Å². The van der Waals surface area contributed by atoms with Crippen LogP contribution < -0.4 is 11.5 Å². The Hall–Kier alpha value is -5.34. The van der Waals surface area contributed by atoms with Crippen LogP contribution in [0.1, 0.15) is 135 Å². The number of allylic oxidation sites excluding steroid dienone is 6. The van der Waals surface area contributed by atoms with E-state index < -0.39 is 90.4 Å². The molecule has 8 bridgehead atoms. The molecule has 14 aliphatic carbocycles. The number of Topliss-reactive ketones (excluding diaryl/α,β-unsaturated/α-hetero) is 2. The van der Waals surface area contributed by atoms with Crippen molar-refractivity contribution in [2.45, 2.75) is 152 Å². The van der Waals surface area contributed by atoms with Gasteiger partial charge in [-0.15, -0.1) is 11.8 Å². The topological polar surface area (TPSA) is 197 Å². The average Bonchev–Trinajstić information content (AvgIpc) is 4.18. The molecule has 73 heavy (non-hydrogen) atoms. The minimum absolute atomic E-state index is 0.0193. The number of aliphatic imine (C=N–C) groups is 1. The number of carboxylic acid groups (broad SMARTS) is 1. The molecule has 4 spiro atoms. The zero-order valence-corrected chi connectivity index (χ0v) is 42.4. The first kappa shape index (κ1) is 45.1. The van der Waals surface area contributed by atoms with E-state index in [0.717, 1.165) is 60.0 Å². The van der Waals surface area contributed by atoms with Crippen LogP contribution in [0.5, 0.6) is 0 Å². The molecule has 0 unspecified atom stereocenters. The number of aliphatic hydroxyl groups is 3. The van der Waals surface area contributed by atoms with Gasteiger partial charge < -0.3 is 31.9 Å². The number of benzene rings is 1. The van der Waals surface area contributed by atoms with E-state index in [1.165, 1.54) is 5.56 Å². The van der Waals surface area contributed by atoms with Crippen molar-refractivity contribution in [1.82, 2.24) is 0 Å². The molecule has 14 aliphatic rings. The summed E-state index contributed by atoms with van der Waals surface area (Å²) >= 11 is 0. The zero-order valence-electron chi connectivity index (χ0n) is 42.4. The van der Waals surface area contributed by atoms with Gasteiger partial charge >= 0.3 is 5.97 Å². The molecule has 14 atom stereocenters. The first-order valence-electron chi connectivity index (χ1n) is 27.6. The highest BCUT2D eigenvalue weighted by molar-refractivity contribution is 6.03.